The Bertz CT molecular complexity index is 505. The lowest BCUT2D eigenvalue weighted by molar-refractivity contribution is 0.0932. The number of nitrogens with zero attached hydrogens (tertiary/aromatic N) is 1. The summed E-state index contributed by atoms with van der Waals surface area (Å²) >= 11 is 0. The molecule has 0 spiro atoms. The average Bonchev–Trinajstić information content (AvgIpc) is 2.73. The molecule has 1 aromatic heterocycles. The van der Waals surface area contributed by atoms with Crippen LogP contribution >= 0.6 is 0 Å². The second kappa shape index (κ2) is 3.89. The third-order valence-corrected chi connectivity index (χ3v) is 4.20. The predicted octanol–water partition coefficient (Wildman–Crippen LogP) is -0.100. The average molecular weight is 244 g/mol. The van der Waals surface area contributed by atoms with E-state index in [0.29, 0.717) is 12.2 Å². The monoisotopic (exact) mass is 244 g/mol. The molecule has 1 amide bonds. The Labute approximate surface area is 92.9 Å². The molecule has 0 aliphatic carbocycles. The zero-order valence-corrected chi connectivity index (χ0v) is 9.58. The molecule has 0 unspecified atom stereocenters. The highest BCUT2D eigenvalue weighted by Crippen LogP contribution is 2.12. The van der Waals surface area contributed by atoms with Gasteiger partial charge in [0.1, 0.15) is 5.76 Å². The molecule has 0 bridgehead atoms. The molecule has 7 heteroatoms. The van der Waals surface area contributed by atoms with Crippen molar-refractivity contribution in [2.45, 2.75) is 19.4 Å². The summed E-state index contributed by atoms with van der Waals surface area (Å²) in [6.45, 7) is 1.68. The molecule has 0 radical (unpaired) electrons. The maximum atomic E-state index is 11.6. The van der Waals surface area contributed by atoms with Crippen LogP contribution in [0.1, 0.15) is 22.7 Å². The molecule has 1 aliphatic heterocycles. The van der Waals surface area contributed by atoms with E-state index in [1.807, 2.05) is 0 Å². The van der Waals surface area contributed by atoms with Crippen LogP contribution < -0.4 is 5.32 Å². The van der Waals surface area contributed by atoms with Crippen molar-refractivity contribution in [2.75, 3.05) is 11.5 Å². The van der Waals surface area contributed by atoms with Gasteiger partial charge in [-0.2, -0.15) is 0 Å². The second-order valence-corrected chi connectivity index (χ2v) is 6.12. The minimum atomic E-state index is -2.98. The van der Waals surface area contributed by atoms with Gasteiger partial charge in [0.2, 0.25) is 0 Å². The Balaban J connectivity index is 1.99. The summed E-state index contributed by atoms with van der Waals surface area (Å²) in [5, 5.41) is 6.18. The zero-order valence-electron chi connectivity index (χ0n) is 8.76. The molecule has 6 nitrogen and oxygen atoms in total. The fourth-order valence-electron chi connectivity index (χ4n) is 1.64. The minimum Gasteiger partial charge on any atom is -0.361 e. The zero-order chi connectivity index (χ0) is 11.8. The number of rotatable bonds is 2. The van der Waals surface area contributed by atoms with E-state index in [1.165, 1.54) is 6.07 Å². The maximum Gasteiger partial charge on any atom is 0.273 e. The van der Waals surface area contributed by atoms with E-state index in [2.05, 4.69) is 10.5 Å². The van der Waals surface area contributed by atoms with Gasteiger partial charge < -0.3 is 9.84 Å². The van der Waals surface area contributed by atoms with Gasteiger partial charge >= 0.3 is 0 Å². The summed E-state index contributed by atoms with van der Waals surface area (Å²) in [5.74, 6) is 0.300. The Morgan fingerprint density at radius 3 is 2.88 bits per heavy atom. The van der Waals surface area contributed by atoms with Crippen LogP contribution in [0.5, 0.6) is 0 Å². The molecule has 1 aromatic rings. The van der Waals surface area contributed by atoms with Gasteiger partial charge in [-0.15, -0.1) is 0 Å². The summed E-state index contributed by atoms with van der Waals surface area (Å²) in [7, 11) is -2.98. The van der Waals surface area contributed by atoms with Crippen molar-refractivity contribution in [3.63, 3.8) is 0 Å². The highest BCUT2D eigenvalue weighted by atomic mass is 32.2. The fraction of sp³-hybridized carbons (Fsp3) is 0.556. The van der Waals surface area contributed by atoms with E-state index in [9.17, 15) is 13.2 Å². The van der Waals surface area contributed by atoms with Crippen LogP contribution in [-0.4, -0.2) is 37.0 Å². The highest BCUT2D eigenvalue weighted by Gasteiger charge is 2.29. The molecule has 0 aromatic carbocycles. The molecule has 2 heterocycles. The van der Waals surface area contributed by atoms with Crippen LogP contribution in [0.2, 0.25) is 0 Å². The van der Waals surface area contributed by atoms with E-state index in [1.54, 1.807) is 6.92 Å². The third kappa shape index (κ3) is 2.41. The van der Waals surface area contributed by atoms with Crippen LogP contribution in [0.15, 0.2) is 10.6 Å². The van der Waals surface area contributed by atoms with Crippen LogP contribution in [0.3, 0.4) is 0 Å². The van der Waals surface area contributed by atoms with Gasteiger partial charge in [-0.05, 0) is 13.3 Å². The van der Waals surface area contributed by atoms with Gasteiger partial charge in [-0.25, -0.2) is 8.42 Å². The van der Waals surface area contributed by atoms with E-state index in [0.717, 1.165) is 0 Å². The lowest BCUT2D eigenvalue weighted by atomic mass is 10.2. The van der Waals surface area contributed by atoms with E-state index in [4.69, 9.17) is 4.52 Å². The van der Waals surface area contributed by atoms with Gasteiger partial charge in [0.15, 0.2) is 15.5 Å². The van der Waals surface area contributed by atoms with Crippen molar-refractivity contribution in [3.05, 3.63) is 17.5 Å². The summed E-state index contributed by atoms with van der Waals surface area (Å²) in [5.41, 5.74) is 0.182. The number of amides is 1. The molecular formula is C9H12N2O4S. The highest BCUT2D eigenvalue weighted by molar-refractivity contribution is 7.91. The first-order valence-electron chi connectivity index (χ1n) is 4.91. The van der Waals surface area contributed by atoms with Crippen LogP contribution in [0.4, 0.5) is 0 Å². The fourth-order valence-corrected chi connectivity index (χ4v) is 3.31. The first kappa shape index (κ1) is 11.1. The molecule has 1 fully saturated rings. The number of aryl methyl sites for hydroxylation is 1. The number of nitrogens with one attached hydrogen (secondary N) is 1. The maximum absolute atomic E-state index is 11.6. The number of aromatic nitrogens is 1. The minimum absolute atomic E-state index is 0.00950. The molecular weight excluding hydrogens is 232 g/mol. The molecule has 16 heavy (non-hydrogen) atoms. The number of carbonyl (C=O) groups excluding carboxylic acids is 1. The number of sulfone groups is 1. The Hall–Kier alpha value is -1.37. The van der Waals surface area contributed by atoms with Gasteiger partial charge in [-0.3, -0.25) is 4.79 Å². The van der Waals surface area contributed by atoms with E-state index in [-0.39, 0.29) is 29.1 Å². The molecule has 1 aliphatic rings. The lowest BCUT2D eigenvalue weighted by Crippen LogP contribution is -2.35. The Morgan fingerprint density at radius 2 is 2.38 bits per heavy atom. The van der Waals surface area contributed by atoms with Gasteiger partial charge in [0.25, 0.3) is 5.91 Å². The predicted molar refractivity (Wildman–Crippen MR) is 55.8 cm³/mol. The Morgan fingerprint density at radius 1 is 1.62 bits per heavy atom. The summed E-state index contributed by atoms with van der Waals surface area (Å²) in [6, 6.07) is 1.20. The first-order valence-corrected chi connectivity index (χ1v) is 6.73. The number of carbonyl (C=O) groups is 1. The quantitative estimate of drug-likeness (QED) is 0.784. The summed E-state index contributed by atoms with van der Waals surface area (Å²) < 4.78 is 27.1. The number of hydrogen-bond acceptors (Lipinski definition) is 5. The number of hydrogen-bond donors (Lipinski definition) is 1. The van der Waals surface area contributed by atoms with Gasteiger partial charge in [-0.1, -0.05) is 5.16 Å². The summed E-state index contributed by atoms with van der Waals surface area (Å²) in [4.78, 5) is 11.6. The van der Waals surface area contributed by atoms with Crippen molar-refractivity contribution >= 4 is 15.7 Å². The lowest BCUT2D eigenvalue weighted by Gasteiger charge is -2.08. The Kier molecular flexibility index (Phi) is 2.71. The molecule has 1 atom stereocenters. The normalized spacial score (nSPS) is 23.2. The molecule has 1 N–H and O–H groups in total. The topological polar surface area (TPSA) is 89.3 Å². The molecule has 2 rings (SSSR count). The van der Waals surface area contributed by atoms with Crippen molar-refractivity contribution < 1.29 is 17.7 Å². The van der Waals surface area contributed by atoms with Crippen LogP contribution in [-0.2, 0) is 9.84 Å². The smallest absolute Gasteiger partial charge is 0.273 e. The standard InChI is InChI=1S/C9H12N2O4S/c1-6-4-8(11-15-6)9(12)10-7-2-3-16(13,14)5-7/h4,7H,2-3,5H2,1H3,(H,10,12)/t7-/m0/s1. The largest absolute Gasteiger partial charge is 0.361 e. The second-order valence-electron chi connectivity index (χ2n) is 3.90. The van der Waals surface area contributed by atoms with Gasteiger partial charge in [0, 0.05) is 12.1 Å². The SMILES string of the molecule is Cc1cc(C(=O)N[C@H]2CCS(=O)(=O)C2)no1. The molecule has 88 valence electrons. The van der Waals surface area contributed by atoms with Crippen LogP contribution in [0, 0.1) is 6.92 Å². The van der Waals surface area contributed by atoms with Crippen molar-refractivity contribution in [1.82, 2.24) is 10.5 Å². The van der Waals surface area contributed by atoms with E-state index < -0.39 is 9.84 Å². The molecule has 0 saturated carbocycles. The van der Waals surface area contributed by atoms with E-state index >= 15 is 0 Å². The summed E-state index contributed by atoms with van der Waals surface area (Å²) in [6.07, 6.45) is 0.463. The molecule has 1 saturated heterocycles. The first-order chi connectivity index (χ1) is 7.46. The van der Waals surface area contributed by atoms with Crippen molar-refractivity contribution in [1.29, 1.82) is 0 Å². The van der Waals surface area contributed by atoms with Crippen molar-refractivity contribution in [3.8, 4) is 0 Å². The van der Waals surface area contributed by atoms with Crippen molar-refractivity contribution in [2.24, 2.45) is 0 Å². The van der Waals surface area contributed by atoms with Gasteiger partial charge in [0.05, 0.1) is 11.5 Å². The van der Waals surface area contributed by atoms with Crippen LogP contribution in [0.25, 0.3) is 0 Å². The third-order valence-electron chi connectivity index (χ3n) is 2.43.